The maximum Gasteiger partial charge on any atom is 0.247 e. The molecule has 0 N–H and O–H groups in total. The van der Waals surface area contributed by atoms with Gasteiger partial charge in [0.1, 0.15) is 5.82 Å². The third-order valence-electron chi connectivity index (χ3n) is 4.63. The highest BCUT2D eigenvalue weighted by molar-refractivity contribution is 7.98. The molecule has 0 aliphatic carbocycles. The van der Waals surface area contributed by atoms with Crippen LogP contribution in [0.25, 0.3) is 28.5 Å². The Bertz CT molecular complexity index is 1340. The molecule has 0 fully saturated rings. The normalized spacial score (nSPS) is 11.1. The average Bonchev–Trinajstić information content (AvgIpc) is 3.47. The van der Waals surface area contributed by atoms with Crippen LogP contribution < -0.4 is 0 Å². The fourth-order valence-corrected chi connectivity index (χ4v) is 4.02. The fourth-order valence-electron chi connectivity index (χ4n) is 3.11. The molecule has 0 saturated heterocycles. The molecule has 5 aromatic rings. The van der Waals surface area contributed by atoms with Crippen molar-refractivity contribution in [1.29, 1.82) is 0 Å². The first-order chi connectivity index (χ1) is 15.7. The van der Waals surface area contributed by atoms with Gasteiger partial charge in [0.25, 0.3) is 0 Å². The lowest BCUT2D eigenvalue weighted by molar-refractivity contribution is 0.528. The van der Waals surface area contributed by atoms with E-state index in [2.05, 4.69) is 20.4 Å². The van der Waals surface area contributed by atoms with Crippen LogP contribution in [0.3, 0.4) is 0 Å². The van der Waals surface area contributed by atoms with Gasteiger partial charge in [0.2, 0.25) is 11.8 Å². The molecule has 5 rings (SSSR count). The van der Waals surface area contributed by atoms with Gasteiger partial charge in [-0.05, 0) is 48.5 Å². The lowest BCUT2D eigenvalue weighted by Gasteiger charge is -2.10. The predicted molar refractivity (Wildman–Crippen MR) is 121 cm³/mol. The molecule has 6 nitrogen and oxygen atoms in total. The molecule has 0 unspecified atom stereocenters. The third kappa shape index (κ3) is 4.28. The van der Waals surface area contributed by atoms with Crippen molar-refractivity contribution in [3.05, 3.63) is 95.6 Å². The maximum atomic E-state index is 13.5. The summed E-state index contributed by atoms with van der Waals surface area (Å²) >= 11 is 7.34. The van der Waals surface area contributed by atoms with Crippen molar-refractivity contribution in [2.24, 2.45) is 0 Å². The van der Waals surface area contributed by atoms with Crippen LogP contribution >= 0.6 is 23.4 Å². The van der Waals surface area contributed by atoms with Gasteiger partial charge in [-0.3, -0.25) is 4.57 Å². The highest BCUT2D eigenvalue weighted by Crippen LogP contribution is 2.30. The largest absolute Gasteiger partial charge is 0.420 e. The highest BCUT2D eigenvalue weighted by Gasteiger charge is 2.18. The molecule has 0 bridgehead atoms. The molecule has 32 heavy (non-hydrogen) atoms. The molecule has 0 amide bonds. The molecule has 0 aliphatic rings. The summed E-state index contributed by atoms with van der Waals surface area (Å²) < 4.78 is 21.2. The topological polar surface area (TPSA) is 69.6 Å². The van der Waals surface area contributed by atoms with Crippen LogP contribution in [0.1, 0.15) is 5.89 Å². The number of nitrogens with zero attached hydrogens (tertiary/aromatic N) is 5. The quantitative estimate of drug-likeness (QED) is 0.285. The SMILES string of the molecule is Fc1ccc(-n2c(SCc3nnc(-c4ccc(Cl)cc4)o3)nnc2-c2ccccc2)cc1. The summed E-state index contributed by atoms with van der Waals surface area (Å²) in [6.45, 7) is 0. The van der Waals surface area contributed by atoms with E-state index in [0.29, 0.717) is 33.5 Å². The maximum absolute atomic E-state index is 13.5. The van der Waals surface area contributed by atoms with Gasteiger partial charge in [0, 0.05) is 21.8 Å². The zero-order valence-electron chi connectivity index (χ0n) is 16.5. The van der Waals surface area contributed by atoms with Gasteiger partial charge >= 0.3 is 0 Å². The van der Waals surface area contributed by atoms with E-state index < -0.39 is 0 Å². The number of aromatic nitrogens is 5. The number of hydrogen-bond acceptors (Lipinski definition) is 6. The molecule has 0 aliphatic heterocycles. The van der Waals surface area contributed by atoms with Crippen molar-refractivity contribution < 1.29 is 8.81 Å². The van der Waals surface area contributed by atoms with Crippen LogP contribution in [0.15, 0.2) is 88.4 Å². The molecule has 2 heterocycles. The lowest BCUT2D eigenvalue weighted by Crippen LogP contribution is -2.00. The Morgan fingerprint density at radius 3 is 2.31 bits per heavy atom. The van der Waals surface area contributed by atoms with Crippen molar-refractivity contribution in [3.63, 3.8) is 0 Å². The van der Waals surface area contributed by atoms with Gasteiger partial charge in [-0.25, -0.2) is 4.39 Å². The van der Waals surface area contributed by atoms with Crippen molar-refractivity contribution in [2.75, 3.05) is 0 Å². The van der Waals surface area contributed by atoms with E-state index in [-0.39, 0.29) is 5.82 Å². The second-order valence-corrected chi connectivity index (χ2v) is 8.16. The smallest absolute Gasteiger partial charge is 0.247 e. The monoisotopic (exact) mass is 463 g/mol. The van der Waals surface area contributed by atoms with E-state index >= 15 is 0 Å². The molecule has 0 radical (unpaired) electrons. The number of rotatable bonds is 6. The van der Waals surface area contributed by atoms with E-state index in [9.17, 15) is 4.39 Å². The van der Waals surface area contributed by atoms with Gasteiger partial charge in [0.05, 0.1) is 5.75 Å². The zero-order valence-corrected chi connectivity index (χ0v) is 18.1. The van der Waals surface area contributed by atoms with Crippen LogP contribution in [-0.2, 0) is 5.75 Å². The minimum absolute atomic E-state index is 0.308. The minimum atomic E-state index is -0.308. The van der Waals surface area contributed by atoms with Crippen LogP contribution in [-0.4, -0.2) is 25.0 Å². The Morgan fingerprint density at radius 1 is 0.812 bits per heavy atom. The molecular formula is C23H15ClFN5OS. The van der Waals surface area contributed by atoms with E-state index in [0.717, 1.165) is 16.8 Å². The van der Waals surface area contributed by atoms with Gasteiger partial charge in [-0.1, -0.05) is 53.7 Å². The predicted octanol–water partition coefficient (Wildman–Crippen LogP) is 6.07. The second kappa shape index (κ2) is 8.94. The van der Waals surface area contributed by atoms with E-state index in [4.69, 9.17) is 16.0 Å². The Labute approximate surface area is 192 Å². The minimum Gasteiger partial charge on any atom is -0.420 e. The number of halogens is 2. The number of hydrogen-bond donors (Lipinski definition) is 0. The summed E-state index contributed by atoms with van der Waals surface area (Å²) in [6, 6.07) is 23.1. The van der Waals surface area contributed by atoms with E-state index in [1.54, 1.807) is 24.3 Å². The summed E-state index contributed by atoms with van der Waals surface area (Å²) in [4.78, 5) is 0. The fraction of sp³-hybridized carbons (Fsp3) is 0.0435. The highest BCUT2D eigenvalue weighted by atomic mass is 35.5. The first kappa shape index (κ1) is 20.4. The zero-order chi connectivity index (χ0) is 21.9. The van der Waals surface area contributed by atoms with Crippen LogP contribution in [0, 0.1) is 5.82 Å². The van der Waals surface area contributed by atoms with Gasteiger partial charge < -0.3 is 4.42 Å². The van der Waals surface area contributed by atoms with Crippen LogP contribution in [0.2, 0.25) is 5.02 Å². The van der Waals surface area contributed by atoms with Crippen LogP contribution in [0.5, 0.6) is 0 Å². The standard InChI is InChI=1S/C23H15ClFN5OS/c24-17-8-6-16(7-9-17)22-28-26-20(31-22)14-32-23-29-27-21(15-4-2-1-3-5-15)30(23)19-12-10-18(25)11-13-19/h1-13H,14H2. The summed E-state index contributed by atoms with van der Waals surface area (Å²) in [5, 5.41) is 18.2. The molecule has 2 aromatic heterocycles. The molecule has 3 aromatic carbocycles. The van der Waals surface area contributed by atoms with Gasteiger partial charge in [0.15, 0.2) is 11.0 Å². The number of thioether (sulfide) groups is 1. The summed E-state index contributed by atoms with van der Waals surface area (Å²) in [5.74, 6) is 1.62. The Kier molecular flexibility index (Phi) is 5.70. The van der Waals surface area contributed by atoms with Crippen molar-refractivity contribution in [2.45, 2.75) is 10.9 Å². The Hall–Kier alpha value is -3.49. The molecule has 0 saturated carbocycles. The van der Waals surface area contributed by atoms with Gasteiger partial charge in [-0.15, -0.1) is 20.4 Å². The van der Waals surface area contributed by atoms with Crippen molar-refractivity contribution in [3.8, 4) is 28.5 Å². The molecule has 9 heteroatoms. The second-order valence-electron chi connectivity index (χ2n) is 6.78. The first-order valence-corrected chi connectivity index (χ1v) is 11.0. The molecule has 0 spiro atoms. The van der Waals surface area contributed by atoms with E-state index in [1.807, 2.05) is 47.0 Å². The Balaban J connectivity index is 1.43. The average molecular weight is 464 g/mol. The Morgan fingerprint density at radius 2 is 1.56 bits per heavy atom. The van der Waals surface area contributed by atoms with Crippen molar-refractivity contribution >= 4 is 23.4 Å². The van der Waals surface area contributed by atoms with Crippen molar-refractivity contribution in [1.82, 2.24) is 25.0 Å². The number of benzene rings is 3. The van der Waals surface area contributed by atoms with Crippen LogP contribution in [0.4, 0.5) is 4.39 Å². The summed E-state index contributed by atoms with van der Waals surface area (Å²) in [7, 11) is 0. The first-order valence-electron chi connectivity index (χ1n) is 9.65. The molecular weight excluding hydrogens is 449 g/mol. The van der Waals surface area contributed by atoms with E-state index in [1.165, 1.54) is 23.9 Å². The molecule has 0 atom stereocenters. The third-order valence-corrected chi connectivity index (χ3v) is 5.80. The van der Waals surface area contributed by atoms with Gasteiger partial charge in [-0.2, -0.15) is 0 Å². The summed E-state index contributed by atoms with van der Waals surface area (Å²) in [6.07, 6.45) is 0. The molecule has 158 valence electrons. The summed E-state index contributed by atoms with van der Waals surface area (Å²) in [5.41, 5.74) is 2.45. The lowest BCUT2D eigenvalue weighted by atomic mass is 10.2.